The second kappa shape index (κ2) is 34.1. The molecule has 0 amide bonds. The van der Waals surface area contributed by atoms with Gasteiger partial charge >= 0.3 is 19.8 Å². The highest BCUT2D eigenvalue weighted by Gasteiger charge is 2.51. The van der Waals surface area contributed by atoms with E-state index in [1.807, 2.05) is 12.2 Å². The highest BCUT2D eigenvalue weighted by atomic mass is 31.2. The molecule has 14 heteroatoms. The van der Waals surface area contributed by atoms with Crippen molar-refractivity contribution >= 4 is 19.8 Å². The zero-order chi connectivity index (χ0) is 42.2. The third kappa shape index (κ3) is 26.9. The fraction of sp³-hybridized carbons (Fsp3) is 0.860. The number of phosphoric acid groups is 1. The van der Waals surface area contributed by atoms with Crippen molar-refractivity contribution in [2.24, 2.45) is 0 Å². The Balaban J connectivity index is 2.51. The van der Waals surface area contributed by atoms with Gasteiger partial charge in [-0.15, -0.1) is 0 Å². The molecular weight excluding hydrogens is 755 g/mol. The van der Waals surface area contributed by atoms with Crippen LogP contribution in [0.5, 0.6) is 0 Å². The van der Waals surface area contributed by atoms with Crippen LogP contribution >= 0.6 is 7.82 Å². The van der Waals surface area contributed by atoms with Gasteiger partial charge in [-0.1, -0.05) is 160 Å². The molecule has 6 N–H and O–H groups in total. The molecule has 1 aliphatic rings. The predicted molar refractivity (Wildman–Crippen MR) is 221 cm³/mol. The molecule has 0 bridgehead atoms. The van der Waals surface area contributed by atoms with Crippen molar-refractivity contribution in [3.8, 4) is 0 Å². The number of aliphatic hydroxyl groups excluding tert-OH is 5. The molecule has 7 unspecified atom stereocenters. The summed E-state index contributed by atoms with van der Waals surface area (Å²) in [6.45, 7) is 3.24. The van der Waals surface area contributed by atoms with Crippen LogP contribution in [0.4, 0.5) is 0 Å². The Morgan fingerprint density at radius 3 is 1.49 bits per heavy atom. The molecule has 1 fully saturated rings. The summed E-state index contributed by atoms with van der Waals surface area (Å²) < 4.78 is 33.4. The monoisotopic (exact) mass is 835 g/mol. The number of aliphatic hydroxyl groups is 5. The summed E-state index contributed by atoms with van der Waals surface area (Å²) in [6, 6.07) is 0. The van der Waals surface area contributed by atoms with Crippen LogP contribution in [0, 0.1) is 0 Å². The molecule has 334 valence electrons. The Kier molecular flexibility index (Phi) is 31.9. The van der Waals surface area contributed by atoms with Gasteiger partial charge in [0.2, 0.25) is 0 Å². The number of carbonyl (C=O) groups excluding carboxylic acids is 2. The third-order valence-electron chi connectivity index (χ3n) is 10.3. The number of hydrogen-bond donors (Lipinski definition) is 6. The summed E-state index contributed by atoms with van der Waals surface area (Å²) in [5.74, 6) is -1.17. The first-order valence-electron chi connectivity index (χ1n) is 22.1. The third-order valence-corrected chi connectivity index (χ3v) is 11.3. The number of carbonyl (C=O) groups is 2. The highest BCUT2D eigenvalue weighted by molar-refractivity contribution is 7.47. The maximum atomic E-state index is 12.8. The molecule has 1 rings (SSSR count). The van der Waals surface area contributed by atoms with Gasteiger partial charge < -0.3 is 39.9 Å². The fourth-order valence-electron chi connectivity index (χ4n) is 6.69. The maximum absolute atomic E-state index is 12.8. The first kappa shape index (κ1) is 53.3. The van der Waals surface area contributed by atoms with Gasteiger partial charge in [0.15, 0.2) is 6.10 Å². The smallest absolute Gasteiger partial charge is 0.462 e. The summed E-state index contributed by atoms with van der Waals surface area (Å²) in [7, 11) is -5.12. The zero-order valence-corrected chi connectivity index (χ0v) is 36.0. The lowest BCUT2D eigenvalue weighted by Gasteiger charge is -2.41. The van der Waals surface area contributed by atoms with E-state index in [1.165, 1.54) is 109 Å². The van der Waals surface area contributed by atoms with E-state index >= 15 is 0 Å². The van der Waals surface area contributed by atoms with Crippen LogP contribution in [0.1, 0.15) is 181 Å². The van der Waals surface area contributed by atoms with E-state index in [4.69, 9.17) is 18.5 Å². The van der Waals surface area contributed by atoms with Crippen molar-refractivity contribution in [3.63, 3.8) is 0 Å². The average molecular weight is 835 g/mol. The van der Waals surface area contributed by atoms with Crippen LogP contribution in [-0.4, -0.2) is 98.3 Å². The van der Waals surface area contributed by atoms with Crippen LogP contribution in [0.3, 0.4) is 0 Å². The number of unbranched alkanes of at least 4 members (excludes halogenated alkanes) is 20. The van der Waals surface area contributed by atoms with E-state index in [1.54, 1.807) is 0 Å². The van der Waals surface area contributed by atoms with Crippen LogP contribution in [0.2, 0.25) is 0 Å². The van der Waals surface area contributed by atoms with Crippen molar-refractivity contribution in [3.05, 3.63) is 24.3 Å². The topological polar surface area (TPSA) is 210 Å². The first-order valence-corrected chi connectivity index (χ1v) is 23.6. The minimum Gasteiger partial charge on any atom is -0.462 e. The Labute approximate surface area is 343 Å². The molecule has 0 spiro atoms. The van der Waals surface area contributed by atoms with Crippen LogP contribution in [0.15, 0.2) is 24.3 Å². The molecule has 0 radical (unpaired) electrons. The molecule has 0 heterocycles. The van der Waals surface area contributed by atoms with Gasteiger partial charge in [0.05, 0.1) is 6.61 Å². The van der Waals surface area contributed by atoms with E-state index in [2.05, 4.69) is 26.0 Å². The lowest BCUT2D eigenvalue weighted by Crippen LogP contribution is -2.64. The molecular formula is C43H79O13P. The zero-order valence-electron chi connectivity index (χ0n) is 35.1. The molecule has 0 aromatic carbocycles. The van der Waals surface area contributed by atoms with Crippen molar-refractivity contribution in [2.75, 3.05) is 13.2 Å². The largest absolute Gasteiger partial charge is 0.472 e. The molecule has 1 aliphatic carbocycles. The number of hydrogen-bond acceptors (Lipinski definition) is 12. The Bertz CT molecular complexity index is 1100. The highest BCUT2D eigenvalue weighted by Crippen LogP contribution is 2.47. The summed E-state index contributed by atoms with van der Waals surface area (Å²) in [6.07, 6.45) is 22.6. The SMILES string of the molecule is CCCCCCCC/C=C/C/C=C/CCC(=O)OC(COC(=O)CCCCCCCCCCCCCCCCC)COP(=O)(O)OC1C(O)C(O)C(O)[C@H](O)C1O. The van der Waals surface area contributed by atoms with E-state index in [-0.39, 0.29) is 12.8 Å². The number of ether oxygens (including phenoxy) is 2. The van der Waals surface area contributed by atoms with Gasteiger partial charge in [0.1, 0.15) is 43.2 Å². The molecule has 0 aliphatic heterocycles. The second-order valence-electron chi connectivity index (χ2n) is 15.6. The van der Waals surface area contributed by atoms with E-state index in [0.717, 1.165) is 32.1 Å². The van der Waals surface area contributed by atoms with Gasteiger partial charge in [-0.05, 0) is 32.1 Å². The molecule has 13 nitrogen and oxygen atoms in total. The minimum absolute atomic E-state index is 0.00655. The van der Waals surface area contributed by atoms with E-state index < -0.39 is 75.7 Å². The standard InChI is InChI=1S/C43H79O13P/c1-3-5-7-9-11-13-15-17-18-20-21-23-25-27-29-31-36(44)53-33-35(34-54-57(51,52)56-43-41(49)39(47)38(46)40(48)42(43)50)55-37(45)32-30-28-26-24-22-19-16-14-12-10-8-6-4-2/h19,22,26,28,35,38-43,46-50H,3-18,20-21,23-25,27,29-34H2,1-2H3,(H,51,52)/b22-19+,28-26+/t35?,38?,39-,40?,41?,42?,43?/m0/s1. The Hall–Kier alpha value is -1.67. The molecule has 8 atom stereocenters. The summed E-state index contributed by atoms with van der Waals surface area (Å²) in [5, 5.41) is 50.0. The number of esters is 2. The van der Waals surface area contributed by atoms with E-state index in [0.29, 0.717) is 12.8 Å². The van der Waals surface area contributed by atoms with Crippen LogP contribution < -0.4 is 0 Å². The summed E-state index contributed by atoms with van der Waals surface area (Å²) in [5.41, 5.74) is 0. The Morgan fingerprint density at radius 2 is 0.982 bits per heavy atom. The van der Waals surface area contributed by atoms with Crippen molar-refractivity contribution in [2.45, 2.75) is 224 Å². The number of allylic oxidation sites excluding steroid dienone is 4. The Morgan fingerprint density at radius 1 is 0.544 bits per heavy atom. The van der Waals surface area contributed by atoms with E-state index in [9.17, 15) is 44.6 Å². The molecule has 1 saturated carbocycles. The average Bonchev–Trinajstić information content (AvgIpc) is 3.19. The van der Waals surface area contributed by atoms with Crippen molar-refractivity contribution in [1.29, 1.82) is 0 Å². The normalized spacial score (nSPS) is 22.9. The van der Waals surface area contributed by atoms with Gasteiger partial charge in [-0.3, -0.25) is 18.6 Å². The van der Waals surface area contributed by atoms with Crippen molar-refractivity contribution < 1.29 is 63.1 Å². The predicted octanol–water partition coefficient (Wildman–Crippen LogP) is 8.06. The quantitative estimate of drug-likeness (QED) is 0.0153. The maximum Gasteiger partial charge on any atom is 0.472 e. The molecule has 0 saturated heterocycles. The molecule has 0 aromatic rings. The summed E-state index contributed by atoms with van der Waals surface area (Å²) >= 11 is 0. The number of phosphoric ester groups is 1. The van der Waals surface area contributed by atoms with Gasteiger partial charge in [0.25, 0.3) is 0 Å². The lowest BCUT2D eigenvalue weighted by atomic mass is 9.85. The fourth-order valence-corrected chi connectivity index (χ4v) is 7.67. The molecule has 0 aromatic heterocycles. The first-order chi connectivity index (χ1) is 27.4. The van der Waals surface area contributed by atoms with Gasteiger partial charge in [-0.25, -0.2) is 4.57 Å². The second-order valence-corrected chi connectivity index (χ2v) is 17.0. The van der Waals surface area contributed by atoms with Crippen molar-refractivity contribution in [1.82, 2.24) is 0 Å². The lowest BCUT2D eigenvalue weighted by molar-refractivity contribution is -0.220. The summed E-state index contributed by atoms with van der Waals surface area (Å²) in [4.78, 5) is 35.6. The number of rotatable bonds is 36. The van der Waals surface area contributed by atoms with Gasteiger partial charge in [-0.2, -0.15) is 0 Å². The van der Waals surface area contributed by atoms with Gasteiger partial charge in [0, 0.05) is 12.8 Å². The minimum atomic E-state index is -5.12. The van der Waals surface area contributed by atoms with Crippen LogP contribution in [-0.2, 0) is 32.7 Å². The molecule has 57 heavy (non-hydrogen) atoms. The van der Waals surface area contributed by atoms with Crippen LogP contribution in [0.25, 0.3) is 0 Å².